The van der Waals surface area contributed by atoms with E-state index in [-0.39, 0.29) is 0 Å². The van der Waals surface area contributed by atoms with Gasteiger partial charge in [0.15, 0.2) is 0 Å². The second-order valence-corrected chi connectivity index (χ2v) is 4.97. The van der Waals surface area contributed by atoms with Gasteiger partial charge in [-0.2, -0.15) is 13.2 Å². The number of hydrogen-bond acceptors (Lipinski definition) is 3. The molecule has 3 nitrogen and oxygen atoms in total. The van der Waals surface area contributed by atoms with Crippen LogP contribution in [0.5, 0.6) is 0 Å². The molecule has 0 aliphatic heterocycles. The summed E-state index contributed by atoms with van der Waals surface area (Å²) in [5.41, 5.74) is 4.41. The fraction of sp³-hybridized carbons (Fsp3) is 0.333. The molecule has 0 aliphatic carbocycles. The number of rotatable bonds is 3. The molecule has 0 saturated carbocycles. The van der Waals surface area contributed by atoms with Gasteiger partial charge in [-0.25, -0.2) is 5.43 Å². The number of hydrazine groups is 1. The van der Waals surface area contributed by atoms with Gasteiger partial charge in [-0.05, 0) is 44.0 Å². The second-order valence-electron chi connectivity index (χ2n) is 4.97. The van der Waals surface area contributed by atoms with Crippen molar-refractivity contribution < 1.29 is 17.6 Å². The van der Waals surface area contributed by atoms with Gasteiger partial charge in [0.05, 0.1) is 11.6 Å². The van der Waals surface area contributed by atoms with E-state index in [9.17, 15) is 13.2 Å². The summed E-state index contributed by atoms with van der Waals surface area (Å²) >= 11 is 0. The third kappa shape index (κ3) is 2.96. The van der Waals surface area contributed by atoms with Gasteiger partial charge >= 0.3 is 6.18 Å². The van der Waals surface area contributed by atoms with Crippen molar-refractivity contribution in [2.45, 2.75) is 33.0 Å². The Morgan fingerprint density at radius 3 is 2.00 bits per heavy atom. The first-order valence-corrected chi connectivity index (χ1v) is 6.45. The third-order valence-electron chi connectivity index (χ3n) is 3.64. The number of benzene rings is 1. The lowest BCUT2D eigenvalue weighted by atomic mass is 9.95. The van der Waals surface area contributed by atoms with Gasteiger partial charge in [-0.3, -0.25) is 5.84 Å². The van der Waals surface area contributed by atoms with Crippen LogP contribution in [0.3, 0.4) is 0 Å². The predicted octanol–water partition coefficient (Wildman–Crippen LogP) is 3.78. The first-order chi connectivity index (χ1) is 9.75. The minimum Gasteiger partial charge on any atom is -0.466 e. The maximum absolute atomic E-state index is 12.6. The first kappa shape index (κ1) is 15.6. The summed E-state index contributed by atoms with van der Waals surface area (Å²) in [6.07, 6.45) is -4.35. The summed E-state index contributed by atoms with van der Waals surface area (Å²) in [7, 11) is 0. The molecule has 0 amide bonds. The highest BCUT2D eigenvalue weighted by atomic mass is 19.4. The highest BCUT2D eigenvalue weighted by molar-refractivity contribution is 5.41. The van der Waals surface area contributed by atoms with E-state index in [1.54, 1.807) is 0 Å². The fourth-order valence-corrected chi connectivity index (χ4v) is 2.45. The van der Waals surface area contributed by atoms with Crippen molar-refractivity contribution in [3.05, 3.63) is 58.0 Å². The minimum absolute atomic E-state index is 0.412. The Balaban J connectivity index is 2.42. The van der Waals surface area contributed by atoms with Gasteiger partial charge in [0.25, 0.3) is 0 Å². The molecule has 2 aromatic rings. The highest BCUT2D eigenvalue weighted by Crippen LogP contribution is 2.33. The van der Waals surface area contributed by atoms with Gasteiger partial charge in [-0.1, -0.05) is 12.1 Å². The molecular weight excluding hydrogens is 281 g/mol. The Kier molecular flexibility index (Phi) is 4.11. The van der Waals surface area contributed by atoms with Gasteiger partial charge in [-0.15, -0.1) is 0 Å². The van der Waals surface area contributed by atoms with Crippen LogP contribution in [0.4, 0.5) is 13.2 Å². The number of furan rings is 1. The Morgan fingerprint density at radius 2 is 1.62 bits per heavy atom. The Bertz CT molecular complexity index is 630. The quantitative estimate of drug-likeness (QED) is 0.670. The Hall–Kier alpha value is -1.79. The average Bonchev–Trinajstić information content (AvgIpc) is 2.66. The molecule has 2 rings (SSSR count). The second kappa shape index (κ2) is 5.54. The number of hydrogen-bond donors (Lipinski definition) is 2. The van der Waals surface area contributed by atoms with Crippen molar-refractivity contribution in [1.29, 1.82) is 0 Å². The molecule has 0 saturated heterocycles. The fourth-order valence-electron chi connectivity index (χ4n) is 2.45. The van der Waals surface area contributed by atoms with Gasteiger partial charge in [0.1, 0.15) is 11.5 Å². The average molecular weight is 298 g/mol. The molecule has 0 bridgehead atoms. The SMILES string of the molecule is Cc1oc(C)c(C(NN)c2ccc(C(F)(F)F)cc2)c1C. The zero-order valence-corrected chi connectivity index (χ0v) is 12.0. The van der Waals surface area contributed by atoms with Gasteiger partial charge < -0.3 is 4.42 Å². The standard InChI is InChI=1S/C15H17F3N2O/c1-8-9(2)21-10(3)13(8)14(20-19)11-4-6-12(7-5-11)15(16,17)18/h4-7,14,20H,19H2,1-3H3. The van der Waals surface area contributed by atoms with Crippen molar-refractivity contribution in [2.75, 3.05) is 0 Å². The molecule has 0 fully saturated rings. The molecule has 21 heavy (non-hydrogen) atoms. The highest BCUT2D eigenvalue weighted by Gasteiger charge is 2.30. The van der Waals surface area contributed by atoms with Crippen LogP contribution < -0.4 is 11.3 Å². The van der Waals surface area contributed by atoms with Crippen molar-refractivity contribution in [1.82, 2.24) is 5.43 Å². The molecule has 0 spiro atoms. The van der Waals surface area contributed by atoms with E-state index in [2.05, 4.69) is 5.43 Å². The number of nitrogens with one attached hydrogen (secondary N) is 1. The number of aryl methyl sites for hydroxylation is 2. The lowest BCUT2D eigenvalue weighted by molar-refractivity contribution is -0.137. The maximum atomic E-state index is 12.6. The summed E-state index contributed by atoms with van der Waals surface area (Å²) < 4.78 is 43.4. The minimum atomic E-state index is -4.35. The van der Waals surface area contributed by atoms with Crippen molar-refractivity contribution in [2.24, 2.45) is 5.84 Å². The van der Waals surface area contributed by atoms with Crippen LogP contribution in [-0.2, 0) is 6.18 Å². The van der Waals surface area contributed by atoms with E-state index in [1.807, 2.05) is 20.8 Å². The maximum Gasteiger partial charge on any atom is 0.416 e. The van der Waals surface area contributed by atoms with E-state index in [0.29, 0.717) is 11.3 Å². The molecule has 114 valence electrons. The molecule has 1 heterocycles. The van der Waals surface area contributed by atoms with E-state index >= 15 is 0 Å². The molecule has 3 N–H and O–H groups in total. The first-order valence-electron chi connectivity index (χ1n) is 6.45. The molecular formula is C15H17F3N2O. The lowest BCUT2D eigenvalue weighted by Crippen LogP contribution is -2.29. The summed E-state index contributed by atoms with van der Waals surface area (Å²) in [5.74, 6) is 7.07. The van der Waals surface area contributed by atoms with Gasteiger partial charge in [0, 0.05) is 5.56 Å². The van der Waals surface area contributed by atoms with Crippen LogP contribution in [0.15, 0.2) is 28.7 Å². The summed E-state index contributed by atoms with van der Waals surface area (Å²) in [6.45, 7) is 5.55. The van der Waals surface area contributed by atoms with E-state index in [0.717, 1.165) is 29.0 Å². The van der Waals surface area contributed by atoms with Crippen molar-refractivity contribution in [3.63, 3.8) is 0 Å². The van der Waals surface area contributed by atoms with E-state index in [1.165, 1.54) is 12.1 Å². The summed E-state index contributed by atoms with van der Waals surface area (Å²) in [4.78, 5) is 0. The zero-order chi connectivity index (χ0) is 15.8. The van der Waals surface area contributed by atoms with E-state index < -0.39 is 17.8 Å². The molecule has 1 atom stereocenters. The molecule has 1 aromatic carbocycles. The van der Waals surface area contributed by atoms with Crippen LogP contribution in [0.25, 0.3) is 0 Å². The number of alkyl halides is 3. The van der Waals surface area contributed by atoms with Crippen molar-refractivity contribution >= 4 is 0 Å². The number of halogens is 3. The lowest BCUT2D eigenvalue weighted by Gasteiger charge is -2.18. The van der Waals surface area contributed by atoms with Crippen LogP contribution in [0.2, 0.25) is 0 Å². The predicted molar refractivity (Wildman–Crippen MR) is 73.5 cm³/mol. The normalized spacial score (nSPS) is 13.5. The molecule has 1 aromatic heterocycles. The monoisotopic (exact) mass is 298 g/mol. The molecule has 1 unspecified atom stereocenters. The zero-order valence-electron chi connectivity index (χ0n) is 12.0. The topological polar surface area (TPSA) is 51.2 Å². The van der Waals surface area contributed by atoms with E-state index in [4.69, 9.17) is 10.3 Å². The van der Waals surface area contributed by atoms with Crippen LogP contribution in [-0.4, -0.2) is 0 Å². The molecule has 6 heteroatoms. The van der Waals surface area contributed by atoms with Crippen LogP contribution in [0.1, 0.15) is 39.8 Å². The summed E-state index contributed by atoms with van der Waals surface area (Å²) in [5, 5.41) is 0. The smallest absolute Gasteiger partial charge is 0.416 e. The van der Waals surface area contributed by atoms with Crippen molar-refractivity contribution in [3.8, 4) is 0 Å². The molecule has 0 aliphatic rings. The summed E-state index contributed by atoms with van der Waals surface area (Å²) in [6, 6.07) is 4.54. The largest absolute Gasteiger partial charge is 0.466 e. The van der Waals surface area contributed by atoms with Crippen LogP contribution >= 0.6 is 0 Å². The van der Waals surface area contributed by atoms with Gasteiger partial charge in [0.2, 0.25) is 0 Å². The van der Waals surface area contributed by atoms with Crippen LogP contribution in [0, 0.1) is 20.8 Å². The third-order valence-corrected chi connectivity index (χ3v) is 3.64. The molecule has 0 radical (unpaired) electrons. The Morgan fingerprint density at radius 1 is 1.05 bits per heavy atom. The number of nitrogens with two attached hydrogens (primary N) is 1. The Labute approximate surface area is 120 Å².